The molecular weight excluding hydrogens is 394 g/mol. The lowest BCUT2D eigenvalue weighted by atomic mass is 10.1. The Bertz CT molecular complexity index is 1170. The fraction of sp³-hybridized carbons (Fsp3) is 0.350. The maximum Gasteiger partial charge on any atom is 0.322 e. The van der Waals surface area contributed by atoms with E-state index in [9.17, 15) is 13.2 Å². The lowest BCUT2D eigenvalue weighted by molar-refractivity contribution is 0.190. The van der Waals surface area contributed by atoms with Gasteiger partial charge in [-0.15, -0.1) is 0 Å². The summed E-state index contributed by atoms with van der Waals surface area (Å²) in [6.07, 6.45) is 2.55. The van der Waals surface area contributed by atoms with Crippen LogP contribution in [0.4, 0.5) is 10.5 Å². The molecule has 2 N–H and O–H groups in total. The van der Waals surface area contributed by atoms with Crippen LogP contribution in [0.15, 0.2) is 40.8 Å². The summed E-state index contributed by atoms with van der Waals surface area (Å²) in [5.74, 6) is 0.528. The van der Waals surface area contributed by atoms with Crippen molar-refractivity contribution in [3.8, 4) is 5.75 Å². The fourth-order valence-electron chi connectivity index (χ4n) is 3.77. The van der Waals surface area contributed by atoms with Crippen molar-refractivity contribution in [3.63, 3.8) is 0 Å². The molecule has 2 heterocycles. The number of nitrogens with one attached hydrogen (secondary N) is 2. The van der Waals surface area contributed by atoms with Gasteiger partial charge in [0.15, 0.2) is 0 Å². The third-order valence-electron chi connectivity index (χ3n) is 5.03. The second-order valence-corrected chi connectivity index (χ2v) is 9.03. The summed E-state index contributed by atoms with van der Waals surface area (Å²) in [6, 6.07) is 10.7. The van der Waals surface area contributed by atoms with Crippen molar-refractivity contribution in [2.45, 2.75) is 18.9 Å². The van der Waals surface area contributed by atoms with Gasteiger partial charge < -0.3 is 19.4 Å². The highest BCUT2D eigenvalue weighted by Crippen LogP contribution is 2.36. The van der Waals surface area contributed by atoms with Crippen molar-refractivity contribution >= 4 is 43.7 Å². The van der Waals surface area contributed by atoms with Crippen LogP contribution < -0.4 is 14.8 Å². The molecule has 1 aromatic heterocycles. The van der Waals surface area contributed by atoms with Crippen molar-refractivity contribution < 1.29 is 22.4 Å². The molecule has 1 aliphatic heterocycles. The summed E-state index contributed by atoms with van der Waals surface area (Å²) in [4.78, 5) is 14.4. The Morgan fingerprint density at radius 3 is 2.76 bits per heavy atom. The largest absolute Gasteiger partial charge is 0.495 e. The summed E-state index contributed by atoms with van der Waals surface area (Å²) in [5, 5.41) is 4.76. The number of urea groups is 1. The number of benzene rings is 2. The minimum Gasteiger partial charge on any atom is -0.495 e. The monoisotopic (exact) mass is 417 g/mol. The van der Waals surface area contributed by atoms with Crippen LogP contribution in [0.5, 0.6) is 5.75 Å². The van der Waals surface area contributed by atoms with Crippen molar-refractivity contribution in [2.24, 2.45) is 0 Å². The Morgan fingerprint density at radius 1 is 1.21 bits per heavy atom. The molecule has 8 nitrogen and oxygen atoms in total. The summed E-state index contributed by atoms with van der Waals surface area (Å²) in [7, 11) is -1.77. The SMILES string of the molecule is COc1cc2c(cc1NC(=O)N1CCC[C@@H](NS(C)(=O)=O)C1)oc1ccccc12. The molecule has 3 aromatic rings. The van der Waals surface area contributed by atoms with Crippen LogP contribution in [0.1, 0.15) is 12.8 Å². The van der Waals surface area contributed by atoms with Crippen LogP contribution in [0.3, 0.4) is 0 Å². The molecule has 154 valence electrons. The van der Waals surface area contributed by atoms with Crippen LogP contribution in [0, 0.1) is 0 Å². The topological polar surface area (TPSA) is 101 Å². The molecule has 0 saturated carbocycles. The second-order valence-electron chi connectivity index (χ2n) is 7.25. The lowest BCUT2D eigenvalue weighted by Crippen LogP contribution is -2.50. The van der Waals surface area contributed by atoms with Crippen molar-refractivity contribution in [1.82, 2.24) is 9.62 Å². The van der Waals surface area contributed by atoms with Gasteiger partial charge in [-0.2, -0.15) is 0 Å². The maximum atomic E-state index is 12.8. The average Bonchev–Trinajstić information content (AvgIpc) is 3.03. The van der Waals surface area contributed by atoms with Crippen LogP contribution in [0.2, 0.25) is 0 Å². The van der Waals surface area contributed by atoms with Gasteiger partial charge in [0.2, 0.25) is 10.0 Å². The average molecular weight is 417 g/mol. The predicted octanol–water partition coefficient (Wildman–Crippen LogP) is 3.14. The van der Waals surface area contributed by atoms with Crippen LogP contribution in [0.25, 0.3) is 21.9 Å². The number of rotatable bonds is 4. The Hall–Kier alpha value is -2.78. The number of nitrogens with zero attached hydrogens (tertiary/aromatic N) is 1. The first-order chi connectivity index (χ1) is 13.8. The fourth-order valence-corrected chi connectivity index (χ4v) is 4.57. The molecule has 0 bridgehead atoms. The first-order valence-corrected chi connectivity index (χ1v) is 11.3. The number of piperidine rings is 1. The van der Waals surface area contributed by atoms with Crippen molar-refractivity contribution in [3.05, 3.63) is 36.4 Å². The standard InChI is InChI=1S/C20H23N3O5S/c1-27-19-10-15-14-7-3-4-8-17(14)28-18(15)11-16(19)21-20(24)23-9-5-6-13(12-23)22-29(2,25)26/h3-4,7-8,10-11,13,22H,5-6,9,12H2,1-2H3,(H,21,24)/t13-/m1/s1. The molecule has 1 saturated heterocycles. The number of para-hydroxylation sites is 1. The summed E-state index contributed by atoms with van der Waals surface area (Å²) < 4.78 is 36.9. The van der Waals surface area contributed by atoms with E-state index in [4.69, 9.17) is 9.15 Å². The molecule has 1 aliphatic rings. The van der Waals surface area contributed by atoms with Gasteiger partial charge in [-0.3, -0.25) is 0 Å². The van der Waals surface area contributed by atoms with E-state index >= 15 is 0 Å². The quantitative estimate of drug-likeness (QED) is 0.679. The first kappa shape index (κ1) is 19.5. The van der Waals surface area contributed by atoms with Gasteiger partial charge in [-0.1, -0.05) is 18.2 Å². The van der Waals surface area contributed by atoms with E-state index in [-0.39, 0.29) is 12.1 Å². The zero-order valence-electron chi connectivity index (χ0n) is 16.3. The van der Waals surface area contributed by atoms with E-state index in [0.717, 1.165) is 29.0 Å². The van der Waals surface area contributed by atoms with Gasteiger partial charge in [-0.25, -0.2) is 17.9 Å². The Morgan fingerprint density at radius 2 is 2.00 bits per heavy atom. The highest BCUT2D eigenvalue weighted by molar-refractivity contribution is 7.88. The van der Waals surface area contributed by atoms with Gasteiger partial charge in [0.25, 0.3) is 0 Å². The molecule has 1 fully saturated rings. The summed E-state index contributed by atoms with van der Waals surface area (Å²) in [5.41, 5.74) is 1.92. The molecular formula is C20H23N3O5S. The Labute approximate surface area is 168 Å². The van der Waals surface area contributed by atoms with Gasteiger partial charge in [0, 0.05) is 36.0 Å². The summed E-state index contributed by atoms with van der Waals surface area (Å²) >= 11 is 0. The number of furan rings is 1. The molecule has 1 atom stereocenters. The van der Waals surface area contributed by atoms with E-state index in [1.54, 1.807) is 18.1 Å². The van der Waals surface area contributed by atoms with E-state index in [2.05, 4.69) is 10.0 Å². The molecule has 2 amide bonds. The summed E-state index contributed by atoms with van der Waals surface area (Å²) in [6.45, 7) is 0.872. The predicted molar refractivity (Wildman–Crippen MR) is 112 cm³/mol. The number of likely N-dealkylation sites (tertiary alicyclic amines) is 1. The number of hydrogen-bond donors (Lipinski definition) is 2. The third kappa shape index (κ3) is 4.15. The number of carbonyl (C=O) groups excluding carboxylic acids is 1. The van der Waals surface area contributed by atoms with E-state index in [1.165, 1.54) is 0 Å². The zero-order valence-corrected chi connectivity index (χ0v) is 17.1. The van der Waals surface area contributed by atoms with E-state index in [0.29, 0.717) is 36.5 Å². The van der Waals surface area contributed by atoms with E-state index in [1.807, 2.05) is 30.3 Å². The minimum absolute atomic E-state index is 0.288. The number of hydrogen-bond acceptors (Lipinski definition) is 5. The highest BCUT2D eigenvalue weighted by atomic mass is 32.2. The van der Waals surface area contributed by atoms with Gasteiger partial charge in [0.1, 0.15) is 16.9 Å². The van der Waals surface area contributed by atoms with Crippen molar-refractivity contribution in [1.29, 1.82) is 0 Å². The minimum atomic E-state index is -3.32. The number of sulfonamides is 1. The molecule has 9 heteroatoms. The van der Waals surface area contributed by atoms with Crippen LogP contribution >= 0.6 is 0 Å². The van der Waals surface area contributed by atoms with Crippen molar-refractivity contribution in [2.75, 3.05) is 31.8 Å². The number of methoxy groups -OCH3 is 1. The Balaban J connectivity index is 1.58. The van der Waals surface area contributed by atoms with Crippen LogP contribution in [-0.2, 0) is 10.0 Å². The number of ether oxygens (including phenoxy) is 1. The molecule has 0 unspecified atom stereocenters. The molecule has 0 spiro atoms. The smallest absolute Gasteiger partial charge is 0.322 e. The highest BCUT2D eigenvalue weighted by Gasteiger charge is 2.26. The van der Waals surface area contributed by atoms with Gasteiger partial charge >= 0.3 is 6.03 Å². The number of anilines is 1. The van der Waals surface area contributed by atoms with Crippen LogP contribution in [-0.4, -0.2) is 51.8 Å². The molecule has 0 aliphatic carbocycles. The first-order valence-electron chi connectivity index (χ1n) is 9.36. The number of amides is 2. The maximum absolute atomic E-state index is 12.8. The Kier molecular flexibility index (Phi) is 5.10. The molecule has 2 aromatic carbocycles. The van der Waals surface area contributed by atoms with Gasteiger partial charge in [-0.05, 0) is 25.0 Å². The number of carbonyl (C=O) groups is 1. The third-order valence-corrected chi connectivity index (χ3v) is 5.79. The molecule has 29 heavy (non-hydrogen) atoms. The lowest BCUT2D eigenvalue weighted by Gasteiger charge is -2.32. The molecule has 0 radical (unpaired) electrons. The number of fused-ring (bicyclic) bond motifs is 3. The van der Waals surface area contributed by atoms with Gasteiger partial charge in [0.05, 0.1) is 19.1 Å². The zero-order chi connectivity index (χ0) is 20.6. The van der Waals surface area contributed by atoms with E-state index < -0.39 is 10.0 Å². The normalized spacial score (nSPS) is 17.6. The second kappa shape index (κ2) is 7.57. The molecule has 4 rings (SSSR count).